The number of aliphatic hydroxyl groups is 1. The van der Waals surface area contributed by atoms with Crippen LogP contribution in [0.15, 0.2) is 34.8 Å². The molecule has 0 bridgehead atoms. The van der Waals surface area contributed by atoms with Crippen molar-refractivity contribution in [2.45, 2.75) is 12.5 Å². The van der Waals surface area contributed by atoms with Crippen LogP contribution < -0.4 is 4.74 Å². The Morgan fingerprint density at radius 2 is 2.10 bits per heavy atom. The molecule has 1 heterocycles. The number of fused-ring (bicyclic) bond motifs is 1. The van der Waals surface area contributed by atoms with E-state index >= 15 is 0 Å². The second kappa shape index (κ2) is 5.35. The lowest BCUT2D eigenvalue weighted by molar-refractivity contribution is 0.215. The molecule has 0 amide bonds. The third-order valence-electron chi connectivity index (χ3n) is 3.36. The van der Waals surface area contributed by atoms with Crippen LogP contribution in [0.2, 0.25) is 5.02 Å². The van der Waals surface area contributed by atoms with Gasteiger partial charge in [-0.05, 0) is 51.3 Å². The Morgan fingerprint density at radius 1 is 1.30 bits per heavy atom. The Hall–Kier alpha value is -1.10. The number of rotatable bonds is 2. The summed E-state index contributed by atoms with van der Waals surface area (Å²) in [6.07, 6.45) is -0.245. The predicted octanol–water partition coefficient (Wildman–Crippen LogP) is 4.26. The van der Waals surface area contributed by atoms with Crippen molar-refractivity contribution < 1.29 is 14.2 Å². The van der Waals surface area contributed by atoms with E-state index in [9.17, 15) is 9.50 Å². The summed E-state index contributed by atoms with van der Waals surface area (Å²) in [7, 11) is 0. The van der Waals surface area contributed by atoms with Gasteiger partial charge in [0.1, 0.15) is 17.7 Å². The highest BCUT2D eigenvalue weighted by Crippen LogP contribution is 2.34. The molecular formula is C15H11BrClFO2. The molecule has 0 aromatic heterocycles. The average molecular weight is 358 g/mol. The molecule has 2 nitrogen and oxygen atoms in total. The van der Waals surface area contributed by atoms with Gasteiger partial charge in [-0.1, -0.05) is 17.7 Å². The van der Waals surface area contributed by atoms with Gasteiger partial charge < -0.3 is 9.84 Å². The van der Waals surface area contributed by atoms with E-state index in [1.165, 1.54) is 12.1 Å². The van der Waals surface area contributed by atoms with Crippen LogP contribution in [0.4, 0.5) is 4.39 Å². The molecule has 0 saturated heterocycles. The van der Waals surface area contributed by atoms with E-state index in [0.29, 0.717) is 21.7 Å². The lowest BCUT2D eigenvalue weighted by atomic mass is 9.98. The highest BCUT2D eigenvalue weighted by molar-refractivity contribution is 9.10. The molecule has 0 radical (unpaired) electrons. The zero-order valence-electron chi connectivity index (χ0n) is 10.4. The van der Waals surface area contributed by atoms with Crippen LogP contribution in [0.1, 0.15) is 22.8 Å². The van der Waals surface area contributed by atoms with Crippen LogP contribution in [-0.4, -0.2) is 11.7 Å². The van der Waals surface area contributed by atoms with E-state index in [4.69, 9.17) is 16.3 Å². The Bertz CT molecular complexity index is 675. The Labute approximate surface area is 129 Å². The van der Waals surface area contributed by atoms with Crippen LogP contribution in [0, 0.1) is 5.82 Å². The first-order valence-electron chi connectivity index (χ1n) is 6.14. The minimum atomic E-state index is -1.05. The number of hydrogen-bond acceptors (Lipinski definition) is 2. The molecular weight excluding hydrogens is 347 g/mol. The summed E-state index contributed by atoms with van der Waals surface area (Å²) in [6.45, 7) is 0.646. The van der Waals surface area contributed by atoms with E-state index in [2.05, 4.69) is 15.9 Å². The van der Waals surface area contributed by atoms with Crippen molar-refractivity contribution in [1.82, 2.24) is 0 Å². The average Bonchev–Trinajstić information content (AvgIpc) is 2.89. The molecule has 1 aliphatic rings. The van der Waals surface area contributed by atoms with Gasteiger partial charge in [0.15, 0.2) is 0 Å². The molecule has 3 rings (SSSR count). The molecule has 0 fully saturated rings. The molecule has 20 heavy (non-hydrogen) atoms. The number of aliphatic hydroxyl groups excluding tert-OH is 1. The maximum absolute atomic E-state index is 14.0. The van der Waals surface area contributed by atoms with Crippen LogP contribution >= 0.6 is 27.5 Å². The standard InChI is InChI=1S/C15H11BrClFO2/c16-11-7-13(18)10(6-12(11)17)15(19)9-1-2-14-8(5-9)3-4-20-14/h1-2,5-7,15,19H,3-4H2. The first-order chi connectivity index (χ1) is 9.56. The fraction of sp³-hybridized carbons (Fsp3) is 0.200. The molecule has 1 unspecified atom stereocenters. The summed E-state index contributed by atoms with van der Waals surface area (Å²) >= 11 is 9.12. The van der Waals surface area contributed by atoms with Crippen molar-refractivity contribution >= 4 is 27.5 Å². The number of hydrogen-bond donors (Lipinski definition) is 1. The van der Waals surface area contributed by atoms with E-state index in [1.54, 1.807) is 12.1 Å². The van der Waals surface area contributed by atoms with Crippen molar-refractivity contribution in [3.63, 3.8) is 0 Å². The topological polar surface area (TPSA) is 29.5 Å². The lowest BCUT2D eigenvalue weighted by Crippen LogP contribution is -2.03. The second-order valence-electron chi connectivity index (χ2n) is 4.66. The van der Waals surface area contributed by atoms with Gasteiger partial charge in [-0.15, -0.1) is 0 Å². The third-order valence-corrected chi connectivity index (χ3v) is 4.56. The van der Waals surface area contributed by atoms with E-state index in [1.807, 2.05) is 6.07 Å². The van der Waals surface area contributed by atoms with E-state index < -0.39 is 11.9 Å². The molecule has 5 heteroatoms. The third kappa shape index (κ3) is 2.43. The Morgan fingerprint density at radius 3 is 2.90 bits per heavy atom. The van der Waals surface area contributed by atoms with Gasteiger partial charge in [0.2, 0.25) is 0 Å². The molecule has 0 aliphatic carbocycles. The molecule has 0 saturated carbocycles. The van der Waals surface area contributed by atoms with E-state index in [-0.39, 0.29) is 5.56 Å². The smallest absolute Gasteiger partial charge is 0.130 e. The van der Waals surface area contributed by atoms with Gasteiger partial charge >= 0.3 is 0 Å². The zero-order valence-corrected chi connectivity index (χ0v) is 12.7. The van der Waals surface area contributed by atoms with Crippen molar-refractivity contribution in [2.75, 3.05) is 6.61 Å². The number of ether oxygens (including phenoxy) is 1. The fourth-order valence-corrected chi connectivity index (χ4v) is 2.79. The Kier molecular flexibility index (Phi) is 3.71. The van der Waals surface area contributed by atoms with Gasteiger partial charge in [0.05, 0.1) is 11.6 Å². The van der Waals surface area contributed by atoms with Crippen molar-refractivity contribution in [2.24, 2.45) is 0 Å². The SMILES string of the molecule is OC(c1ccc2c(c1)CCO2)c1cc(Cl)c(Br)cc1F. The van der Waals surface area contributed by atoms with Gasteiger partial charge in [-0.25, -0.2) is 4.39 Å². The highest BCUT2D eigenvalue weighted by atomic mass is 79.9. The van der Waals surface area contributed by atoms with Crippen molar-refractivity contribution in [3.05, 3.63) is 62.3 Å². The summed E-state index contributed by atoms with van der Waals surface area (Å²) in [5.74, 6) is 0.334. The first kappa shape index (κ1) is 13.9. The maximum atomic E-state index is 14.0. The molecule has 0 spiro atoms. The minimum Gasteiger partial charge on any atom is -0.493 e. The van der Waals surface area contributed by atoms with Gasteiger partial charge in [-0.2, -0.15) is 0 Å². The second-order valence-corrected chi connectivity index (χ2v) is 5.92. The van der Waals surface area contributed by atoms with Crippen LogP contribution in [0.3, 0.4) is 0 Å². The largest absolute Gasteiger partial charge is 0.493 e. The molecule has 2 aromatic carbocycles. The number of halogens is 3. The highest BCUT2D eigenvalue weighted by Gasteiger charge is 2.20. The zero-order chi connectivity index (χ0) is 14.3. The monoisotopic (exact) mass is 356 g/mol. The summed E-state index contributed by atoms with van der Waals surface area (Å²) in [5.41, 5.74) is 1.83. The maximum Gasteiger partial charge on any atom is 0.130 e. The van der Waals surface area contributed by atoms with Crippen molar-refractivity contribution in [1.29, 1.82) is 0 Å². The van der Waals surface area contributed by atoms with Gasteiger partial charge in [-0.3, -0.25) is 0 Å². The van der Waals surface area contributed by atoms with Gasteiger partial charge in [0.25, 0.3) is 0 Å². The predicted molar refractivity (Wildman–Crippen MR) is 78.8 cm³/mol. The number of benzene rings is 2. The molecule has 1 aliphatic heterocycles. The van der Waals surface area contributed by atoms with Crippen LogP contribution in [-0.2, 0) is 6.42 Å². The Balaban J connectivity index is 2.00. The lowest BCUT2D eigenvalue weighted by Gasteiger charge is -2.14. The van der Waals surface area contributed by atoms with Gasteiger partial charge in [0, 0.05) is 16.5 Å². The van der Waals surface area contributed by atoms with Crippen LogP contribution in [0.5, 0.6) is 5.75 Å². The van der Waals surface area contributed by atoms with Crippen molar-refractivity contribution in [3.8, 4) is 5.75 Å². The summed E-state index contributed by atoms with van der Waals surface area (Å²) in [6, 6.07) is 8.10. The molecule has 2 aromatic rings. The fourth-order valence-electron chi connectivity index (χ4n) is 2.30. The molecule has 1 atom stereocenters. The minimum absolute atomic E-state index is 0.164. The van der Waals surface area contributed by atoms with E-state index in [0.717, 1.165) is 17.7 Å². The quantitative estimate of drug-likeness (QED) is 0.814. The molecule has 104 valence electrons. The first-order valence-corrected chi connectivity index (χ1v) is 7.31. The van der Waals surface area contributed by atoms with Crippen LogP contribution in [0.25, 0.3) is 0 Å². The molecule has 1 N–H and O–H groups in total. The summed E-state index contributed by atoms with van der Waals surface area (Å²) in [4.78, 5) is 0. The normalized spacial score (nSPS) is 14.8. The summed E-state index contributed by atoms with van der Waals surface area (Å²) < 4.78 is 19.8. The summed E-state index contributed by atoms with van der Waals surface area (Å²) in [5, 5.41) is 10.7.